The maximum absolute atomic E-state index is 11.2. The summed E-state index contributed by atoms with van der Waals surface area (Å²) < 4.78 is 7.57. The lowest BCUT2D eigenvalue weighted by Crippen LogP contribution is -2.06. The Bertz CT molecular complexity index is 818. The third kappa shape index (κ3) is 2.64. The number of hydrogen-bond donors (Lipinski definition) is 2. The molecule has 21 heavy (non-hydrogen) atoms. The number of thiazole rings is 1. The quantitative estimate of drug-likeness (QED) is 0.756. The molecule has 2 aromatic heterocycles. The first kappa shape index (κ1) is 13.7. The lowest BCUT2D eigenvalue weighted by atomic mass is 10.3. The highest BCUT2D eigenvalue weighted by atomic mass is 32.1. The lowest BCUT2D eigenvalue weighted by molar-refractivity contribution is 0.320. The van der Waals surface area contributed by atoms with Crippen LogP contribution < -0.4 is 15.3 Å². The van der Waals surface area contributed by atoms with Gasteiger partial charge in [-0.2, -0.15) is 0 Å². The van der Waals surface area contributed by atoms with Crippen LogP contribution in [0.3, 0.4) is 0 Å². The molecule has 0 saturated carbocycles. The van der Waals surface area contributed by atoms with E-state index >= 15 is 0 Å². The Morgan fingerprint density at radius 1 is 1.48 bits per heavy atom. The van der Waals surface area contributed by atoms with Crippen LogP contribution in [0.25, 0.3) is 11.0 Å². The van der Waals surface area contributed by atoms with Crippen molar-refractivity contribution in [2.45, 2.75) is 19.9 Å². The minimum Gasteiger partial charge on any atom is -0.491 e. The lowest BCUT2D eigenvalue weighted by Gasteiger charge is -2.06. The molecule has 0 unspecified atom stereocenters. The average molecular weight is 304 g/mol. The Labute approximate surface area is 125 Å². The molecule has 6 nitrogen and oxygen atoms in total. The van der Waals surface area contributed by atoms with Crippen LogP contribution in [-0.4, -0.2) is 21.1 Å². The largest absolute Gasteiger partial charge is 0.491 e. The Morgan fingerprint density at radius 2 is 2.33 bits per heavy atom. The first-order chi connectivity index (χ1) is 10.2. The van der Waals surface area contributed by atoms with E-state index in [0.29, 0.717) is 19.1 Å². The predicted octanol–water partition coefficient (Wildman–Crippen LogP) is 2.21. The summed E-state index contributed by atoms with van der Waals surface area (Å²) in [5.74, 6) is 1.14. The molecular formula is C14H16N4O2S. The van der Waals surface area contributed by atoms with E-state index in [4.69, 9.17) is 10.5 Å². The fraction of sp³-hybridized carbons (Fsp3) is 0.286. The number of H-pyrrole nitrogens is 1. The van der Waals surface area contributed by atoms with Crippen LogP contribution in [0.2, 0.25) is 0 Å². The number of para-hydroxylation sites is 1. The maximum Gasteiger partial charge on any atom is 0.304 e. The molecular weight excluding hydrogens is 288 g/mol. The average Bonchev–Trinajstić information content (AvgIpc) is 3.02. The van der Waals surface area contributed by atoms with Gasteiger partial charge in [0.2, 0.25) is 5.95 Å². The number of aromatic nitrogens is 3. The highest BCUT2D eigenvalue weighted by Crippen LogP contribution is 2.27. The molecule has 110 valence electrons. The van der Waals surface area contributed by atoms with Crippen molar-refractivity contribution >= 4 is 28.3 Å². The highest BCUT2D eigenvalue weighted by Gasteiger charge is 2.13. The molecule has 1 aromatic carbocycles. The van der Waals surface area contributed by atoms with Gasteiger partial charge in [-0.25, -0.2) is 4.98 Å². The van der Waals surface area contributed by atoms with Crippen LogP contribution >= 0.6 is 11.3 Å². The van der Waals surface area contributed by atoms with Crippen molar-refractivity contribution in [1.29, 1.82) is 0 Å². The number of anilines is 1. The van der Waals surface area contributed by atoms with Gasteiger partial charge < -0.3 is 20.0 Å². The Kier molecular flexibility index (Phi) is 3.66. The zero-order valence-electron chi connectivity index (χ0n) is 11.6. The Morgan fingerprint density at radius 3 is 3.05 bits per heavy atom. The number of nitrogens with zero attached hydrogens (tertiary/aromatic N) is 2. The molecule has 0 aliphatic carbocycles. The van der Waals surface area contributed by atoms with E-state index in [2.05, 4.69) is 16.9 Å². The fourth-order valence-corrected chi connectivity index (χ4v) is 2.77. The second-order valence-electron chi connectivity index (χ2n) is 4.70. The van der Waals surface area contributed by atoms with E-state index < -0.39 is 0 Å². The van der Waals surface area contributed by atoms with E-state index in [-0.39, 0.29) is 4.87 Å². The zero-order chi connectivity index (χ0) is 14.8. The molecule has 0 atom stereocenters. The van der Waals surface area contributed by atoms with Crippen molar-refractivity contribution < 1.29 is 4.74 Å². The van der Waals surface area contributed by atoms with Gasteiger partial charge in [-0.1, -0.05) is 24.3 Å². The fourth-order valence-electron chi connectivity index (χ4n) is 2.20. The van der Waals surface area contributed by atoms with Gasteiger partial charge in [0.15, 0.2) is 0 Å². The van der Waals surface area contributed by atoms with Crippen LogP contribution in [0, 0.1) is 0 Å². The van der Waals surface area contributed by atoms with Crippen LogP contribution in [0.5, 0.6) is 5.75 Å². The number of ether oxygens (including phenoxy) is 1. The number of rotatable bonds is 5. The van der Waals surface area contributed by atoms with Gasteiger partial charge in [-0.3, -0.25) is 4.79 Å². The van der Waals surface area contributed by atoms with Crippen molar-refractivity contribution in [2.24, 2.45) is 0 Å². The molecule has 3 aromatic rings. The number of imidazole rings is 1. The third-order valence-corrected chi connectivity index (χ3v) is 3.85. The van der Waals surface area contributed by atoms with Crippen molar-refractivity contribution in [3.8, 4) is 5.75 Å². The summed E-state index contributed by atoms with van der Waals surface area (Å²) in [6, 6.07) is 5.75. The summed E-state index contributed by atoms with van der Waals surface area (Å²) >= 11 is 1.14. The number of nitrogens with two attached hydrogens (primary N) is 1. The van der Waals surface area contributed by atoms with Crippen molar-refractivity contribution in [2.75, 3.05) is 12.3 Å². The van der Waals surface area contributed by atoms with Gasteiger partial charge >= 0.3 is 4.87 Å². The number of aromatic amines is 1. The normalized spacial score (nSPS) is 11.1. The Hall–Kier alpha value is -2.28. The van der Waals surface area contributed by atoms with E-state index in [1.807, 2.05) is 22.8 Å². The molecule has 0 amide bonds. The number of nitrogens with one attached hydrogen (secondary N) is 1. The summed E-state index contributed by atoms with van der Waals surface area (Å²) in [7, 11) is 0. The molecule has 0 saturated heterocycles. The van der Waals surface area contributed by atoms with Gasteiger partial charge in [-0.05, 0) is 18.6 Å². The molecule has 3 rings (SSSR count). The van der Waals surface area contributed by atoms with Gasteiger partial charge in [0.1, 0.15) is 11.3 Å². The molecule has 7 heteroatoms. The van der Waals surface area contributed by atoms with Gasteiger partial charge in [0, 0.05) is 11.1 Å². The van der Waals surface area contributed by atoms with Crippen LogP contribution in [-0.2, 0) is 6.54 Å². The monoisotopic (exact) mass is 304 g/mol. The smallest absolute Gasteiger partial charge is 0.304 e. The minimum atomic E-state index is -0.0695. The van der Waals surface area contributed by atoms with Crippen LogP contribution in [0.1, 0.15) is 19.0 Å². The van der Waals surface area contributed by atoms with E-state index in [0.717, 1.165) is 40.2 Å². The van der Waals surface area contributed by atoms with Gasteiger partial charge in [0.25, 0.3) is 0 Å². The molecule has 0 aliphatic heterocycles. The van der Waals surface area contributed by atoms with Crippen molar-refractivity contribution in [1.82, 2.24) is 14.5 Å². The predicted molar refractivity (Wildman–Crippen MR) is 84.0 cm³/mol. The Balaban J connectivity index is 2.02. The second kappa shape index (κ2) is 5.61. The summed E-state index contributed by atoms with van der Waals surface area (Å²) in [5.41, 5.74) is 8.48. The van der Waals surface area contributed by atoms with Crippen LogP contribution in [0.4, 0.5) is 5.95 Å². The summed E-state index contributed by atoms with van der Waals surface area (Å²) in [6.45, 7) is 3.18. The number of fused-ring (bicyclic) bond motifs is 1. The summed E-state index contributed by atoms with van der Waals surface area (Å²) in [4.78, 5) is 18.3. The molecule has 0 spiro atoms. The minimum absolute atomic E-state index is 0.0695. The summed E-state index contributed by atoms with van der Waals surface area (Å²) in [5, 5.41) is 1.80. The topological polar surface area (TPSA) is 85.9 Å². The number of hydrogen-bond acceptors (Lipinski definition) is 5. The van der Waals surface area contributed by atoms with E-state index in [1.165, 1.54) is 0 Å². The molecule has 3 N–H and O–H groups in total. The molecule has 2 heterocycles. The first-order valence-electron chi connectivity index (χ1n) is 6.73. The van der Waals surface area contributed by atoms with Gasteiger partial charge in [-0.15, -0.1) is 0 Å². The number of nitrogen functional groups attached to an aromatic ring is 1. The summed E-state index contributed by atoms with van der Waals surface area (Å²) in [6.07, 6.45) is 0.933. The molecule has 0 fully saturated rings. The zero-order valence-corrected chi connectivity index (χ0v) is 12.4. The molecule has 0 radical (unpaired) electrons. The van der Waals surface area contributed by atoms with Crippen molar-refractivity contribution in [3.05, 3.63) is 38.9 Å². The van der Waals surface area contributed by atoms with Crippen LogP contribution in [0.15, 0.2) is 28.4 Å². The molecule has 0 aliphatic rings. The SMILES string of the molecule is CCCOc1cccc2c1nc(N)n2Cc1csc(=O)[nH]1. The van der Waals surface area contributed by atoms with Crippen molar-refractivity contribution in [3.63, 3.8) is 0 Å². The van der Waals surface area contributed by atoms with E-state index in [9.17, 15) is 4.79 Å². The first-order valence-corrected chi connectivity index (χ1v) is 7.61. The molecule has 0 bridgehead atoms. The second-order valence-corrected chi connectivity index (χ2v) is 5.54. The standard InChI is InChI=1S/C14H16N4O2S/c1-2-6-20-11-5-3-4-10-12(11)17-13(15)18(10)7-9-8-21-14(19)16-9/h3-5,8H,2,6-7H2,1H3,(H2,15,17)(H,16,19). The number of benzene rings is 1. The highest BCUT2D eigenvalue weighted by molar-refractivity contribution is 7.07. The van der Waals surface area contributed by atoms with Gasteiger partial charge in [0.05, 0.1) is 18.7 Å². The third-order valence-electron chi connectivity index (χ3n) is 3.13. The maximum atomic E-state index is 11.2. The van der Waals surface area contributed by atoms with E-state index in [1.54, 1.807) is 5.38 Å².